The summed E-state index contributed by atoms with van der Waals surface area (Å²) in [6, 6.07) is 0. The molecule has 0 bridgehead atoms. The number of hydrogen-bond acceptors (Lipinski definition) is 6. The largest absolute Gasteiger partial charge is 0.462 e. The molecule has 1 unspecified atom stereocenters. The highest BCUT2D eigenvalue weighted by atomic mass is 16.6. The van der Waals surface area contributed by atoms with Gasteiger partial charge in [0, 0.05) is 19.3 Å². The van der Waals surface area contributed by atoms with Crippen LogP contribution in [0.15, 0.2) is 109 Å². The monoisotopic (exact) mass is 873 g/mol. The van der Waals surface area contributed by atoms with Crippen LogP contribution in [0.5, 0.6) is 0 Å². The van der Waals surface area contributed by atoms with Crippen LogP contribution in [0.3, 0.4) is 0 Å². The van der Waals surface area contributed by atoms with E-state index in [9.17, 15) is 14.4 Å². The smallest absolute Gasteiger partial charge is 0.306 e. The predicted octanol–water partition coefficient (Wildman–Crippen LogP) is 16.8. The van der Waals surface area contributed by atoms with Gasteiger partial charge in [0.15, 0.2) is 6.10 Å². The average molecular weight is 873 g/mol. The van der Waals surface area contributed by atoms with Gasteiger partial charge in [-0.15, -0.1) is 0 Å². The summed E-state index contributed by atoms with van der Waals surface area (Å²) in [4.78, 5) is 37.8. The zero-order valence-electron chi connectivity index (χ0n) is 40.5. The minimum atomic E-state index is -0.824. The molecule has 0 saturated heterocycles. The van der Waals surface area contributed by atoms with Crippen molar-refractivity contribution < 1.29 is 28.6 Å². The third kappa shape index (κ3) is 49.0. The molecule has 0 saturated carbocycles. The molecule has 356 valence electrons. The zero-order valence-corrected chi connectivity index (χ0v) is 40.5. The Morgan fingerprint density at radius 1 is 0.333 bits per heavy atom. The molecule has 6 nitrogen and oxygen atoms in total. The van der Waals surface area contributed by atoms with Crippen LogP contribution in [0.4, 0.5) is 0 Å². The van der Waals surface area contributed by atoms with Gasteiger partial charge in [0.25, 0.3) is 0 Å². The Kier molecular flexibility index (Phi) is 47.5. The molecular formula is C57H92O6. The number of ether oxygens (including phenoxy) is 3. The van der Waals surface area contributed by atoms with Crippen molar-refractivity contribution >= 4 is 17.9 Å². The summed E-state index contributed by atoms with van der Waals surface area (Å²) in [5.41, 5.74) is 0. The molecule has 0 rings (SSSR count). The third-order valence-electron chi connectivity index (χ3n) is 10.2. The molecule has 0 spiro atoms. The van der Waals surface area contributed by atoms with E-state index in [-0.39, 0.29) is 37.5 Å². The van der Waals surface area contributed by atoms with Gasteiger partial charge in [-0.05, 0) is 116 Å². The summed E-state index contributed by atoms with van der Waals surface area (Å²) < 4.78 is 16.7. The van der Waals surface area contributed by atoms with Gasteiger partial charge >= 0.3 is 17.9 Å². The molecule has 6 heteroatoms. The standard InChI is InChI=1S/C57H92O6/c1-4-7-10-13-16-19-21-23-25-27-28-30-31-33-35-38-41-44-47-50-56(59)62-53-54(52-61-55(58)49-46-43-40-37-18-15-12-9-6-3)63-57(60)51-48-45-42-39-36-34-32-29-26-24-22-20-17-14-11-8-5-2/h7,10,16-17,19-20,23-26,28,30,32,34,37,39-40,42,54H,4-6,8-9,11-15,18,21-22,27,29,31,33,35-36,38,41,43-53H2,1-3H3/b10-7-,19-16-,20-17-,25-23-,26-24-,30-28-,34-32-,40-37-,42-39-. The number of rotatable bonds is 44. The van der Waals surface area contributed by atoms with Gasteiger partial charge in [-0.2, -0.15) is 0 Å². The van der Waals surface area contributed by atoms with Crippen LogP contribution in [0.1, 0.15) is 213 Å². The first-order valence-electron chi connectivity index (χ1n) is 25.4. The highest BCUT2D eigenvalue weighted by Crippen LogP contribution is 2.12. The first-order chi connectivity index (χ1) is 31.0. The van der Waals surface area contributed by atoms with Gasteiger partial charge in [0.05, 0.1) is 0 Å². The maximum absolute atomic E-state index is 12.8. The molecule has 0 radical (unpaired) electrons. The van der Waals surface area contributed by atoms with Crippen LogP contribution in [0, 0.1) is 0 Å². The van der Waals surface area contributed by atoms with Crippen molar-refractivity contribution in [1.29, 1.82) is 0 Å². The van der Waals surface area contributed by atoms with Crippen molar-refractivity contribution in [3.05, 3.63) is 109 Å². The van der Waals surface area contributed by atoms with Gasteiger partial charge in [0.2, 0.25) is 0 Å². The molecular weight excluding hydrogens is 781 g/mol. The SMILES string of the molecule is CC/C=C\C/C=C\C/C=C\C/C=C\CCCCCCCCC(=O)OCC(COC(=O)CCC/C=C\CCCCCC)OC(=O)CCC/C=C\C/C=C\C/C=C\C/C=C\CCCCC. The summed E-state index contributed by atoms with van der Waals surface area (Å²) >= 11 is 0. The number of unbranched alkanes of at least 4 members (excludes halogenated alkanes) is 15. The average Bonchev–Trinajstić information content (AvgIpc) is 3.28. The fourth-order valence-corrected chi connectivity index (χ4v) is 6.43. The predicted molar refractivity (Wildman–Crippen MR) is 270 cm³/mol. The summed E-state index contributed by atoms with van der Waals surface area (Å²) in [5.74, 6) is -1.03. The highest BCUT2D eigenvalue weighted by Gasteiger charge is 2.19. The second-order valence-electron chi connectivity index (χ2n) is 16.3. The lowest BCUT2D eigenvalue weighted by Crippen LogP contribution is -2.30. The summed E-state index contributed by atoms with van der Waals surface area (Å²) in [6.45, 7) is 6.36. The Labute approximate surface area is 387 Å². The molecule has 0 aromatic carbocycles. The third-order valence-corrected chi connectivity index (χ3v) is 10.2. The molecule has 0 amide bonds. The lowest BCUT2D eigenvalue weighted by atomic mass is 10.1. The Morgan fingerprint density at radius 3 is 1.08 bits per heavy atom. The first kappa shape index (κ1) is 59.1. The van der Waals surface area contributed by atoms with E-state index in [1.165, 1.54) is 64.2 Å². The molecule has 0 aliphatic carbocycles. The topological polar surface area (TPSA) is 78.9 Å². The lowest BCUT2D eigenvalue weighted by Gasteiger charge is -2.18. The Morgan fingerprint density at radius 2 is 0.635 bits per heavy atom. The van der Waals surface area contributed by atoms with Crippen LogP contribution in [0.25, 0.3) is 0 Å². The van der Waals surface area contributed by atoms with Gasteiger partial charge in [-0.3, -0.25) is 14.4 Å². The van der Waals surface area contributed by atoms with Crippen molar-refractivity contribution in [1.82, 2.24) is 0 Å². The molecule has 63 heavy (non-hydrogen) atoms. The molecule has 0 N–H and O–H groups in total. The van der Waals surface area contributed by atoms with E-state index in [0.29, 0.717) is 25.7 Å². The van der Waals surface area contributed by atoms with E-state index in [1.807, 2.05) is 0 Å². The van der Waals surface area contributed by atoms with Crippen LogP contribution >= 0.6 is 0 Å². The van der Waals surface area contributed by atoms with Crippen molar-refractivity contribution in [3.63, 3.8) is 0 Å². The molecule has 1 atom stereocenters. The van der Waals surface area contributed by atoms with Gasteiger partial charge in [-0.25, -0.2) is 0 Å². The maximum atomic E-state index is 12.8. The van der Waals surface area contributed by atoms with Crippen LogP contribution in [0.2, 0.25) is 0 Å². The number of hydrogen-bond donors (Lipinski definition) is 0. The van der Waals surface area contributed by atoms with E-state index in [4.69, 9.17) is 14.2 Å². The van der Waals surface area contributed by atoms with Gasteiger partial charge < -0.3 is 14.2 Å². The Bertz CT molecular complexity index is 1330. The maximum Gasteiger partial charge on any atom is 0.306 e. The van der Waals surface area contributed by atoms with E-state index in [1.54, 1.807) is 0 Å². The van der Waals surface area contributed by atoms with E-state index in [0.717, 1.165) is 96.3 Å². The summed E-state index contributed by atoms with van der Waals surface area (Å²) in [5, 5.41) is 0. The quantitative estimate of drug-likeness (QED) is 0.0263. The number of carbonyl (C=O) groups is 3. The van der Waals surface area contributed by atoms with Crippen LogP contribution < -0.4 is 0 Å². The first-order valence-corrected chi connectivity index (χ1v) is 25.4. The van der Waals surface area contributed by atoms with E-state index < -0.39 is 6.10 Å². The van der Waals surface area contributed by atoms with Crippen molar-refractivity contribution in [2.75, 3.05) is 13.2 Å². The minimum Gasteiger partial charge on any atom is -0.462 e. The number of esters is 3. The van der Waals surface area contributed by atoms with Crippen molar-refractivity contribution in [2.24, 2.45) is 0 Å². The van der Waals surface area contributed by atoms with Gasteiger partial charge in [0.1, 0.15) is 13.2 Å². The molecule has 0 aliphatic heterocycles. The molecule has 0 heterocycles. The van der Waals surface area contributed by atoms with Crippen molar-refractivity contribution in [2.45, 2.75) is 219 Å². The molecule has 0 fully saturated rings. The second kappa shape index (κ2) is 50.7. The van der Waals surface area contributed by atoms with E-state index >= 15 is 0 Å². The van der Waals surface area contributed by atoms with Crippen LogP contribution in [-0.4, -0.2) is 37.2 Å². The molecule has 0 aromatic rings. The Balaban J connectivity index is 4.48. The fraction of sp³-hybridized carbons (Fsp3) is 0.632. The minimum absolute atomic E-state index is 0.118. The van der Waals surface area contributed by atoms with Crippen LogP contribution in [-0.2, 0) is 28.6 Å². The summed E-state index contributed by atoms with van der Waals surface area (Å²) in [6.07, 6.45) is 68.0. The van der Waals surface area contributed by atoms with E-state index in [2.05, 4.69) is 130 Å². The second-order valence-corrected chi connectivity index (χ2v) is 16.3. The number of carbonyl (C=O) groups excluding carboxylic acids is 3. The normalized spacial score (nSPS) is 13.0. The lowest BCUT2D eigenvalue weighted by molar-refractivity contribution is -0.167. The van der Waals surface area contributed by atoms with Gasteiger partial charge in [-0.1, -0.05) is 188 Å². The number of allylic oxidation sites excluding steroid dienone is 18. The fourth-order valence-electron chi connectivity index (χ4n) is 6.43. The molecule has 0 aromatic heterocycles. The molecule has 0 aliphatic rings. The zero-order chi connectivity index (χ0) is 45.8. The van der Waals surface area contributed by atoms with Crippen molar-refractivity contribution in [3.8, 4) is 0 Å². The summed E-state index contributed by atoms with van der Waals surface area (Å²) in [7, 11) is 0. The Hall–Kier alpha value is -3.93. The highest BCUT2D eigenvalue weighted by molar-refractivity contribution is 5.71.